The number of hydrogen-bond donors (Lipinski definition) is 0. The maximum absolute atomic E-state index is 13.8. The van der Waals surface area contributed by atoms with E-state index in [1.165, 1.54) is 22.5 Å². The number of likely N-dealkylation sites (tertiary alicyclic amines) is 1. The molecule has 0 N–H and O–H groups in total. The molecule has 1 fully saturated rings. The zero-order valence-electron chi connectivity index (χ0n) is 17.4. The van der Waals surface area contributed by atoms with E-state index in [0.717, 1.165) is 30.7 Å². The van der Waals surface area contributed by atoms with E-state index >= 15 is 0 Å². The highest BCUT2D eigenvalue weighted by Crippen LogP contribution is 2.28. The fourth-order valence-electron chi connectivity index (χ4n) is 4.43. The number of hydrogen-bond acceptors (Lipinski definition) is 6. The molecule has 0 bridgehead atoms. The summed E-state index contributed by atoms with van der Waals surface area (Å²) in [5, 5.41) is 0.508. The SMILES string of the molecule is CCOC(=O)c1cc2c3nc4n(c3cnc2n(CC(=O)N2CC(C)(F)C2)c1=O)CCC4. The second kappa shape index (κ2) is 6.86. The van der Waals surface area contributed by atoms with Crippen molar-refractivity contribution < 1.29 is 18.7 Å². The van der Waals surface area contributed by atoms with Crippen molar-refractivity contribution in [2.24, 2.45) is 0 Å². The molecule has 0 atom stereocenters. The molecule has 0 aromatic carbocycles. The van der Waals surface area contributed by atoms with Gasteiger partial charge < -0.3 is 14.2 Å². The monoisotopic (exact) mass is 427 g/mol. The quantitative estimate of drug-likeness (QED) is 0.585. The normalized spacial score (nSPS) is 17.1. The molecule has 3 aromatic heterocycles. The summed E-state index contributed by atoms with van der Waals surface area (Å²) < 4.78 is 22.1. The lowest BCUT2D eigenvalue weighted by atomic mass is 9.99. The van der Waals surface area contributed by atoms with E-state index in [2.05, 4.69) is 9.55 Å². The highest BCUT2D eigenvalue weighted by Gasteiger charge is 2.41. The molecular formula is C21H22FN5O4. The van der Waals surface area contributed by atoms with Crippen molar-refractivity contribution in [3.63, 3.8) is 0 Å². The minimum Gasteiger partial charge on any atom is -0.462 e. The smallest absolute Gasteiger partial charge is 0.343 e. The van der Waals surface area contributed by atoms with Crippen molar-refractivity contribution in [2.45, 2.75) is 45.4 Å². The van der Waals surface area contributed by atoms with E-state index in [-0.39, 0.29) is 37.5 Å². The van der Waals surface area contributed by atoms with Crippen LogP contribution in [0.3, 0.4) is 0 Å². The molecule has 31 heavy (non-hydrogen) atoms. The molecule has 9 nitrogen and oxygen atoms in total. The maximum atomic E-state index is 13.8. The molecule has 5 rings (SSSR count). The van der Waals surface area contributed by atoms with Gasteiger partial charge in [-0.1, -0.05) is 0 Å². The molecule has 0 unspecified atom stereocenters. The summed E-state index contributed by atoms with van der Waals surface area (Å²) in [6.07, 6.45) is 3.49. The summed E-state index contributed by atoms with van der Waals surface area (Å²) in [5.41, 5.74) is -0.546. The van der Waals surface area contributed by atoms with Crippen LogP contribution in [0.15, 0.2) is 17.1 Å². The number of alkyl halides is 1. The van der Waals surface area contributed by atoms with Gasteiger partial charge in [0.1, 0.15) is 34.8 Å². The molecule has 0 aliphatic carbocycles. The van der Waals surface area contributed by atoms with Gasteiger partial charge in [-0.3, -0.25) is 14.2 Å². The number of ether oxygens (including phenoxy) is 1. The van der Waals surface area contributed by atoms with E-state index in [0.29, 0.717) is 10.9 Å². The second-order valence-electron chi connectivity index (χ2n) is 8.35. The van der Waals surface area contributed by atoms with Gasteiger partial charge in [-0.2, -0.15) is 0 Å². The minimum absolute atomic E-state index is 0.0263. The molecule has 0 radical (unpaired) electrons. The first-order valence-electron chi connectivity index (χ1n) is 10.3. The van der Waals surface area contributed by atoms with Gasteiger partial charge >= 0.3 is 5.97 Å². The summed E-state index contributed by atoms with van der Waals surface area (Å²) in [4.78, 5) is 48.8. The molecule has 2 aliphatic rings. The Morgan fingerprint density at radius 3 is 2.81 bits per heavy atom. The Bertz CT molecular complexity index is 1300. The number of halogens is 1. The van der Waals surface area contributed by atoms with Crippen LogP contribution in [0.2, 0.25) is 0 Å². The zero-order valence-corrected chi connectivity index (χ0v) is 17.4. The lowest BCUT2D eigenvalue weighted by molar-refractivity contribution is -0.144. The Labute approximate surface area is 176 Å². The van der Waals surface area contributed by atoms with E-state index in [9.17, 15) is 18.8 Å². The van der Waals surface area contributed by atoms with E-state index < -0.39 is 23.1 Å². The molecule has 0 saturated carbocycles. The van der Waals surface area contributed by atoms with E-state index in [4.69, 9.17) is 9.72 Å². The van der Waals surface area contributed by atoms with Crippen LogP contribution >= 0.6 is 0 Å². The van der Waals surface area contributed by atoms with Crippen molar-refractivity contribution in [2.75, 3.05) is 19.7 Å². The number of esters is 1. The minimum atomic E-state index is -1.42. The largest absolute Gasteiger partial charge is 0.462 e. The number of imidazole rings is 1. The van der Waals surface area contributed by atoms with Gasteiger partial charge in [-0.05, 0) is 26.3 Å². The van der Waals surface area contributed by atoms with E-state index in [1.54, 1.807) is 13.1 Å². The summed E-state index contributed by atoms with van der Waals surface area (Å²) in [7, 11) is 0. The predicted octanol–water partition coefficient (Wildman–Crippen LogP) is 1.44. The Balaban J connectivity index is 1.68. The van der Waals surface area contributed by atoms with Crippen LogP contribution in [0, 0.1) is 0 Å². The molecule has 2 aliphatic heterocycles. The number of aryl methyl sites for hydroxylation is 2. The van der Waals surface area contributed by atoms with Crippen LogP contribution in [0.1, 0.15) is 36.5 Å². The number of carbonyl (C=O) groups excluding carboxylic acids is 2. The fourth-order valence-corrected chi connectivity index (χ4v) is 4.43. The van der Waals surface area contributed by atoms with Crippen LogP contribution in [-0.2, 0) is 29.0 Å². The fraction of sp³-hybridized carbons (Fsp3) is 0.476. The summed E-state index contributed by atoms with van der Waals surface area (Å²) in [6, 6.07) is 1.46. The van der Waals surface area contributed by atoms with Gasteiger partial charge in [0.25, 0.3) is 5.56 Å². The third kappa shape index (κ3) is 3.08. The third-order valence-corrected chi connectivity index (χ3v) is 5.88. The van der Waals surface area contributed by atoms with Crippen LogP contribution in [0.5, 0.6) is 0 Å². The molecular weight excluding hydrogens is 405 g/mol. The second-order valence-corrected chi connectivity index (χ2v) is 8.35. The van der Waals surface area contributed by atoms with Gasteiger partial charge in [0.15, 0.2) is 0 Å². The number of aromatic nitrogens is 4. The number of nitrogens with zero attached hydrogens (tertiary/aromatic N) is 5. The number of fused-ring (bicyclic) bond motifs is 5. The van der Waals surface area contributed by atoms with Gasteiger partial charge in [0.05, 0.1) is 31.4 Å². The average molecular weight is 427 g/mol. The molecule has 162 valence electrons. The van der Waals surface area contributed by atoms with Gasteiger partial charge in [-0.15, -0.1) is 0 Å². The van der Waals surface area contributed by atoms with Crippen LogP contribution in [-0.4, -0.2) is 61.2 Å². The zero-order chi connectivity index (χ0) is 21.9. The van der Waals surface area contributed by atoms with Crippen molar-refractivity contribution in [1.82, 2.24) is 24.0 Å². The first-order valence-corrected chi connectivity index (χ1v) is 10.3. The first kappa shape index (κ1) is 19.7. The van der Waals surface area contributed by atoms with Crippen molar-refractivity contribution >= 4 is 33.9 Å². The summed E-state index contributed by atoms with van der Waals surface area (Å²) in [5.74, 6) is -0.243. The molecule has 10 heteroatoms. The Hall–Kier alpha value is -3.30. The van der Waals surface area contributed by atoms with Crippen molar-refractivity contribution in [3.05, 3.63) is 34.0 Å². The van der Waals surface area contributed by atoms with Crippen LogP contribution in [0.4, 0.5) is 4.39 Å². The highest BCUT2D eigenvalue weighted by molar-refractivity contribution is 6.04. The molecule has 3 aromatic rings. The summed E-state index contributed by atoms with van der Waals surface area (Å²) in [6.45, 7) is 3.63. The van der Waals surface area contributed by atoms with Crippen LogP contribution in [0.25, 0.3) is 22.1 Å². The highest BCUT2D eigenvalue weighted by atomic mass is 19.1. The Morgan fingerprint density at radius 1 is 1.32 bits per heavy atom. The number of rotatable bonds is 4. The molecule has 1 amide bonds. The predicted molar refractivity (Wildman–Crippen MR) is 110 cm³/mol. The number of pyridine rings is 2. The third-order valence-electron chi connectivity index (χ3n) is 5.88. The lowest BCUT2D eigenvalue weighted by Gasteiger charge is -2.42. The topological polar surface area (TPSA) is 99.3 Å². The Kier molecular flexibility index (Phi) is 4.35. The number of carbonyl (C=O) groups is 2. The molecule has 0 spiro atoms. The van der Waals surface area contributed by atoms with Gasteiger partial charge in [0.2, 0.25) is 5.91 Å². The number of amides is 1. The first-order chi connectivity index (χ1) is 14.8. The maximum Gasteiger partial charge on any atom is 0.343 e. The van der Waals surface area contributed by atoms with Crippen LogP contribution < -0.4 is 5.56 Å². The Morgan fingerprint density at radius 2 is 2.10 bits per heavy atom. The average Bonchev–Trinajstić information content (AvgIpc) is 3.29. The van der Waals surface area contributed by atoms with Crippen molar-refractivity contribution in [1.29, 1.82) is 0 Å². The molecule has 1 saturated heterocycles. The van der Waals surface area contributed by atoms with Crippen molar-refractivity contribution in [3.8, 4) is 0 Å². The molecule has 5 heterocycles. The van der Waals surface area contributed by atoms with Gasteiger partial charge in [0, 0.05) is 18.4 Å². The summed E-state index contributed by atoms with van der Waals surface area (Å²) >= 11 is 0. The standard InChI is InChI=1S/C21H22FN5O4/c1-3-31-20(30)13-7-12-17-14(26-6-4-5-15(26)24-17)8-23-18(12)27(19(13)29)9-16(28)25-10-21(2,22)11-25/h7-8H,3-6,9-11H2,1-2H3. The van der Waals surface area contributed by atoms with Gasteiger partial charge in [-0.25, -0.2) is 19.2 Å². The lowest BCUT2D eigenvalue weighted by Crippen LogP contribution is -2.60. The van der Waals surface area contributed by atoms with E-state index in [1.807, 2.05) is 0 Å².